The summed E-state index contributed by atoms with van der Waals surface area (Å²) in [7, 11) is 0. The van der Waals surface area contributed by atoms with Crippen LogP contribution in [0.15, 0.2) is 186 Å². The highest BCUT2D eigenvalue weighted by Crippen LogP contribution is 2.36. The number of nitrogens with two attached hydrogens (primary N) is 1. The molecule has 232 valence electrons. The van der Waals surface area contributed by atoms with Crippen LogP contribution in [0.25, 0.3) is 49.9 Å². The molecule has 0 spiro atoms. The van der Waals surface area contributed by atoms with Gasteiger partial charge in [-0.3, -0.25) is 0 Å². The van der Waals surface area contributed by atoms with Crippen LogP contribution in [-0.4, -0.2) is 11.7 Å². The molecule has 7 aromatic carbocycles. The first-order valence-electron chi connectivity index (χ1n) is 16.0. The Balaban J connectivity index is 1.19. The third kappa shape index (κ3) is 6.55. The molecule has 7 rings (SSSR count). The van der Waals surface area contributed by atoms with Crippen molar-refractivity contribution in [1.82, 2.24) is 0 Å². The highest BCUT2D eigenvalue weighted by Gasteiger charge is 2.11. The van der Waals surface area contributed by atoms with Crippen molar-refractivity contribution in [2.45, 2.75) is 0 Å². The van der Waals surface area contributed by atoms with Crippen molar-refractivity contribution in [3.05, 3.63) is 199 Å². The lowest BCUT2D eigenvalue weighted by atomic mass is 9.91. The molecule has 0 radical (unpaired) electrons. The smallest absolute Gasteiger partial charge is 0.162 e. The number of nitrogens with zero attached hydrogens (tertiary/aromatic N) is 3. The predicted octanol–water partition coefficient (Wildman–Crippen LogP) is 10.5. The van der Waals surface area contributed by atoms with Gasteiger partial charge in [-0.2, -0.15) is 5.26 Å². The van der Waals surface area contributed by atoms with Crippen LogP contribution in [0.5, 0.6) is 0 Å². The Labute approximate surface area is 286 Å². The Morgan fingerprint density at radius 2 is 0.939 bits per heavy atom. The van der Waals surface area contributed by atoms with Crippen LogP contribution >= 0.6 is 0 Å². The van der Waals surface area contributed by atoms with Gasteiger partial charge in [-0.15, -0.1) is 0 Å². The normalized spacial score (nSPS) is 11.7. The highest BCUT2D eigenvalue weighted by molar-refractivity contribution is 6.12. The first-order valence-corrected chi connectivity index (χ1v) is 16.0. The number of nitriles is 1. The summed E-state index contributed by atoms with van der Waals surface area (Å²) in [4.78, 5) is 9.57. The molecule has 0 saturated carbocycles. The van der Waals surface area contributed by atoms with E-state index < -0.39 is 0 Å². The SMILES string of the molecule is C=C(/N=C(\N=C(/N)c1ccccc1)c1ccccc1)c1ccc(-c2cccc3c(-c4ccc(-c5ccccc5C#N)cc4)cccc23)cc1. The van der Waals surface area contributed by atoms with Gasteiger partial charge in [0.25, 0.3) is 0 Å². The van der Waals surface area contributed by atoms with Gasteiger partial charge in [0.1, 0.15) is 5.84 Å². The zero-order chi connectivity index (χ0) is 33.6. The van der Waals surface area contributed by atoms with E-state index in [2.05, 4.69) is 97.6 Å². The molecule has 0 aromatic heterocycles. The standard InChI is InChI=1S/C45H32N4/c1-31(48-45(37-14-6-3-7-15-37)49-44(47)36-12-4-2-5-13-36)32-22-24-34(25-23-32)40-18-10-21-43-41(19-11-20-42(40)43)35-28-26-33(27-29-35)39-17-9-8-16-38(39)30-46/h2-29H,1H2,(H2,47,48,49). The first kappa shape index (κ1) is 30.8. The van der Waals surface area contributed by atoms with Crippen molar-refractivity contribution in [2.75, 3.05) is 0 Å². The summed E-state index contributed by atoms with van der Waals surface area (Å²) < 4.78 is 0. The van der Waals surface area contributed by atoms with Crippen molar-refractivity contribution in [3.8, 4) is 39.4 Å². The lowest BCUT2D eigenvalue weighted by Gasteiger charge is -2.13. The van der Waals surface area contributed by atoms with Gasteiger partial charge in [-0.05, 0) is 55.8 Å². The number of fused-ring (bicyclic) bond motifs is 1. The van der Waals surface area contributed by atoms with Gasteiger partial charge < -0.3 is 5.73 Å². The zero-order valence-electron chi connectivity index (χ0n) is 26.8. The minimum atomic E-state index is 0.391. The summed E-state index contributed by atoms with van der Waals surface area (Å²) in [5.74, 6) is 0.891. The quantitative estimate of drug-likeness (QED) is 0.141. The average molecular weight is 629 g/mol. The monoisotopic (exact) mass is 628 g/mol. The van der Waals surface area contributed by atoms with Gasteiger partial charge in [0.2, 0.25) is 0 Å². The molecule has 0 atom stereocenters. The second-order valence-corrected chi connectivity index (χ2v) is 11.6. The van der Waals surface area contributed by atoms with Crippen molar-refractivity contribution >= 4 is 28.1 Å². The fourth-order valence-corrected chi connectivity index (χ4v) is 6.04. The van der Waals surface area contributed by atoms with Crippen LogP contribution in [0.2, 0.25) is 0 Å². The van der Waals surface area contributed by atoms with Crippen molar-refractivity contribution in [2.24, 2.45) is 15.7 Å². The van der Waals surface area contributed by atoms with Gasteiger partial charge in [-0.1, -0.05) is 170 Å². The lowest BCUT2D eigenvalue weighted by molar-refractivity contribution is 1.43. The number of aliphatic imine (C=N–C) groups is 2. The van der Waals surface area contributed by atoms with E-state index in [1.165, 1.54) is 10.8 Å². The second-order valence-electron chi connectivity index (χ2n) is 11.6. The number of hydrogen-bond acceptors (Lipinski definition) is 2. The van der Waals surface area contributed by atoms with E-state index in [0.717, 1.165) is 50.1 Å². The summed E-state index contributed by atoms with van der Waals surface area (Å²) in [5, 5.41) is 11.9. The lowest BCUT2D eigenvalue weighted by Crippen LogP contribution is -2.16. The van der Waals surface area contributed by atoms with Crippen LogP contribution in [0.4, 0.5) is 0 Å². The molecule has 0 unspecified atom stereocenters. The summed E-state index contributed by atoms with van der Waals surface area (Å²) >= 11 is 0. The molecule has 0 heterocycles. The number of hydrogen-bond donors (Lipinski definition) is 1. The Morgan fingerprint density at radius 3 is 1.51 bits per heavy atom. The van der Waals surface area contributed by atoms with Crippen LogP contribution in [0.1, 0.15) is 22.3 Å². The number of benzene rings is 7. The van der Waals surface area contributed by atoms with Crippen molar-refractivity contribution in [3.63, 3.8) is 0 Å². The third-order valence-electron chi connectivity index (χ3n) is 8.57. The molecule has 0 fully saturated rings. The molecule has 0 aliphatic heterocycles. The van der Waals surface area contributed by atoms with E-state index in [9.17, 15) is 5.26 Å². The van der Waals surface area contributed by atoms with Gasteiger partial charge in [0.15, 0.2) is 5.84 Å². The first-order chi connectivity index (χ1) is 24.1. The van der Waals surface area contributed by atoms with Crippen molar-refractivity contribution < 1.29 is 0 Å². The molecule has 0 aliphatic rings. The van der Waals surface area contributed by atoms with Gasteiger partial charge in [-0.25, -0.2) is 9.98 Å². The molecule has 49 heavy (non-hydrogen) atoms. The van der Waals surface area contributed by atoms with Crippen molar-refractivity contribution in [1.29, 1.82) is 5.26 Å². The topological polar surface area (TPSA) is 74.5 Å². The molecular formula is C45H32N4. The summed E-state index contributed by atoms with van der Waals surface area (Å²) in [6.45, 7) is 4.29. The largest absolute Gasteiger partial charge is 0.383 e. The molecular weight excluding hydrogens is 597 g/mol. The van der Waals surface area contributed by atoms with Crippen LogP contribution in [0.3, 0.4) is 0 Å². The van der Waals surface area contributed by atoms with E-state index in [-0.39, 0.29) is 0 Å². The zero-order valence-corrected chi connectivity index (χ0v) is 26.8. The number of rotatable bonds is 7. The molecule has 4 nitrogen and oxygen atoms in total. The second kappa shape index (κ2) is 13.9. The molecule has 0 aliphatic carbocycles. The Kier molecular flexibility index (Phi) is 8.73. The summed E-state index contributed by atoms with van der Waals surface area (Å²) in [5.41, 5.74) is 16.7. The molecule has 4 heteroatoms. The fraction of sp³-hybridized carbons (Fsp3) is 0. The minimum Gasteiger partial charge on any atom is -0.383 e. The number of amidine groups is 2. The third-order valence-corrected chi connectivity index (χ3v) is 8.57. The highest BCUT2D eigenvalue weighted by atomic mass is 15.0. The fourth-order valence-electron chi connectivity index (χ4n) is 6.04. The Morgan fingerprint density at radius 1 is 0.469 bits per heavy atom. The van der Waals surface area contributed by atoms with Crippen LogP contribution in [-0.2, 0) is 0 Å². The Bertz CT molecular complexity index is 2380. The van der Waals surface area contributed by atoms with E-state index in [1.54, 1.807) is 0 Å². The van der Waals surface area contributed by atoms with E-state index in [4.69, 9.17) is 15.7 Å². The minimum absolute atomic E-state index is 0.391. The molecule has 0 bridgehead atoms. The Hall–Kier alpha value is -6.83. The maximum Gasteiger partial charge on any atom is 0.162 e. The van der Waals surface area contributed by atoms with E-state index >= 15 is 0 Å². The van der Waals surface area contributed by atoms with E-state index in [1.807, 2.05) is 84.9 Å². The molecule has 2 N–H and O–H groups in total. The molecule has 0 amide bonds. The van der Waals surface area contributed by atoms with E-state index in [0.29, 0.717) is 22.9 Å². The van der Waals surface area contributed by atoms with Crippen LogP contribution < -0.4 is 5.73 Å². The average Bonchev–Trinajstić information content (AvgIpc) is 3.18. The maximum atomic E-state index is 9.57. The van der Waals surface area contributed by atoms with Gasteiger partial charge >= 0.3 is 0 Å². The molecule has 0 saturated heterocycles. The summed E-state index contributed by atoms with van der Waals surface area (Å²) in [6, 6.07) is 59.1. The van der Waals surface area contributed by atoms with Gasteiger partial charge in [0.05, 0.1) is 17.3 Å². The predicted molar refractivity (Wildman–Crippen MR) is 204 cm³/mol. The van der Waals surface area contributed by atoms with Gasteiger partial charge in [0, 0.05) is 11.1 Å². The summed E-state index contributed by atoms with van der Waals surface area (Å²) in [6.07, 6.45) is 0. The van der Waals surface area contributed by atoms with Crippen LogP contribution in [0, 0.1) is 11.3 Å². The maximum absolute atomic E-state index is 9.57. The molecule has 7 aromatic rings.